The van der Waals surface area contributed by atoms with Crippen molar-refractivity contribution < 1.29 is 9.18 Å². The highest BCUT2D eigenvalue weighted by Gasteiger charge is 2.32. The van der Waals surface area contributed by atoms with E-state index in [9.17, 15) is 9.18 Å². The number of hydrogen-bond acceptors (Lipinski definition) is 2. The minimum atomic E-state index is -0.340. The Hall–Kier alpha value is -1.49. The monoisotopic (exact) mass is 266 g/mol. The van der Waals surface area contributed by atoms with Gasteiger partial charge >= 0.3 is 0 Å². The minimum Gasteiger partial charge on any atom is -0.393 e. The molecule has 0 aromatic heterocycles. The van der Waals surface area contributed by atoms with Crippen molar-refractivity contribution in [2.75, 3.05) is 6.54 Å². The van der Waals surface area contributed by atoms with Gasteiger partial charge in [0.1, 0.15) is 5.82 Å². The zero-order valence-electron chi connectivity index (χ0n) is 9.93. The van der Waals surface area contributed by atoms with E-state index in [0.717, 1.165) is 12.8 Å². The summed E-state index contributed by atoms with van der Waals surface area (Å²) in [5.74, 6) is -0.415. The lowest BCUT2D eigenvalue weighted by molar-refractivity contribution is 0.0748. The van der Waals surface area contributed by atoms with Gasteiger partial charge in [-0.2, -0.15) is 0 Å². The Balaban J connectivity index is 2.07. The number of carbonyl (C=O) groups is 1. The molecule has 1 saturated carbocycles. The Kier molecular flexibility index (Phi) is 3.91. The van der Waals surface area contributed by atoms with Crippen molar-refractivity contribution in [3.63, 3.8) is 0 Å². The largest absolute Gasteiger partial charge is 0.393 e. The molecule has 0 radical (unpaired) electrons. The van der Waals surface area contributed by atoms with Gasteiger partial charge in [0.15, 0.2) is 0 Å². The highest BCUT2D eigenvalue weighted by Crippen LogP contribution is 2.28. The first-order chi connectivity index (χ1) is 8.58. The van der Waals surface area contributed by atoms with E-state index >= 15 is 0 Å². The van der Waals surface area contributed by atoms with E-state index in [1.165, 1.54) is 24.3 Å². The number of nitrogens with zero attached hydrogens (tertiary/aromatic N) is 1. The molecule has 18 heavy (non-hydrogen) atoms. The van der Waals surface area contributed by atoms with E-state index < -0.39 is 0 Å². The molecule has 2 N–H and O–H groups in total. The first-order valence-electron chi connectivity index (χ1n) is 5.93. The van der Waals surface area contributed by atoms with Crippen LogP contribution < -0.4 is 5.73 Å². The Labute approximate surface area is 111 Å². The fourth-order valence-corrected chi connectivity index (χ4v) is 1.92. The summed E-state index contributed by atoms with van der Waals surface area (Å²) in [5, 5.41) is 0. The van der Waals surface area contributed by atoms with Gasteiger partial charge < -0.3 is 10.6 Å². The third kappa shape index (κ3) is 3.26. The van der Waals surface area contributed by atoms with Crippen LogP contribution in [0.25, 0.3) is 0 Å². The summed E-state index contributed by atoms with van der Waals surface area (Å²) in [6.07, 6.45) is 2.56. The van der Waals surface area contributed by atoms with Gasteiger partial charge in [0, 0.05) is 24.6 Å². The molecule has 0 spiro atoms. The van der Waals surface area contributed by atoms with Gasteiger partial charge in [-0.15, -0.1) is 0 Å². The third-order valence-electron chi connectivity index (χ3n) is 2.94. The van der Waals surface area contributed by atoms with Gasteiger partial charge in [-0.25, -0.2) is 4.39 Å². The summed E-state index contributed by atoms with van der Waals surface area (Å²) in [5.41, 5.74) is 5.97. The molecule has 0 atom stereocenters. The molecular weight excluding hydrogens is 251 g/mol. The summed E-state index contributed by atoms with van der Waals surface area (Å²) < 4.78 is 12.8. The number of halogens is 1. The Morgan fingerprint density at radius 3 is 2.50 bits per heavy atom. The summed E-state index contributed by atoms with van der Waals surface area (Å²) in [6, 6.07) is 5.90. The van der Waals surface area contributed by atoms with Crippen LogP contribution in [0.5, 0.6) is 0 Å². The van der Waals surface area contributed by atoms with Gasteiger partial charge in [0.2, 0.25) is 0 Å². The molecule has 2 rings (SSSR count). The van der Waals surface area contributed by atoms with E-state index in [2.05, 4.69) is 0 Å². The van der Waals surface area contributed by atoms with Crippen molar-refractivity contribution in [3.05, 3.63) is 35.6 Å². The lowest BCUT2D eigenvalue weighted by atomic mass is 10.2. The zero-order valence-corrected chi connectivity index (χ0v) is 10.8. The Bertz CT molecular complexity index is 457. The van der Waals surface area contributed by atoms with Crippen molar-refractivity contribution in [2.45, 2.75) is 25.3 Å². The molecule has 3 nitrogen and oxygen atoms in total. The van der Waals surface area contributed by atoms with Crippen LogP contribution in [0.3, 0.4) is 0 Å². The lowest BCUT2D eigenvalue weighted by Gasteiger charge is -2.22. The number of thiocarbonyl (C=S) groups is 1. The molecule has 0 bridgehead atoms. The maximum Gasteiger partial charge on any atom is 0.254 e. The van der Waals surface area contributed by atoms with Crippen LogP contribution in [0.15, 0.2) is 24.3 Å². The Morgan fingerprint density at radius 1 is 1.39 bits per heavy atom. The minimum absolute atomic E-state index is 0.0752. The lowest BCUT2D eigenvalue weighted by Crippen LogP contribution is -2.35. The Morgan fingerprint density at radius 2 is 2.00 bits per heavy atom. The summed E-state index contributed by atoms with van der Waals surface area (Å²) in [4.78, 5) is 14.5. The van der Waals surface area contributed by atoms with E-state index in [-0.39, 0.29) is 17.8 Å². The molecule has 1 aliphatic rings. The van der Waals surface area contributed by atoms with Crippen LogP contribution in [-0.4, -0.2) is 28.4 Å². The van der Waals surface area contributed by atoms with Crippen molar-refractivity contribution in [3.8, 4) is 0 Å². The van der Waals surface area contributed by atoms with Gasteiger partial charge in [-0.1, -0.05) is 12.2 Å². The smallest absolute Gasteiger partial charge is 0.254 e. The average Bonchev–Trinajstić information content (AvgIpc) is 3.14. The predicted molar refractivity (Wildman–Crippen MR) is 71.9 cm³/mol. The second kappa shape index (κ2) is 5.44. The van der Waals surface area contributed by atoms with E-state index in [1.54, 1.807) is 4.90 Å². The normalized spacial score (nSPS) is 14.3. The molecule has 1 aliphatic carbocycles. The van der Waals surface area contributed by atoms with Gasteiger partial charge in [-0.05, 0) is 37.1 Å². The van der Waals surface area contributed by atoms with E-state index in [1.807, 2.05) is 0 Å². The second-order valence-corrected chi connectivity index (χ2v) is 4.98. The van der Waals surface area contributed by atoms with Crippen LogP contribution >= 0.6 is 12.2 Å². The fraction of sp³-hybridized carbons (Fsp3) is 0.385. The zero-order chi connectivity index (χ0) is 13.1. The first kappa shape index (κ1) is 13.0. The molecular formula is C13H15FN2OS. The topological polar surface area (TPSA) is 46.3 Å². The highest BCUT2D eigenvalue weighted by atomic mass is 32.1. The van der Waals surface area contributed by atoms with Crippen LogP contribution in [0.1, 0.15) is 29.6 Å². The fourth-order valence-electron chi connectivity index (χ4n) is 1.83. The molecule has 1 amide bonds. The molecule has 1 aromatic rings. The maximum atomic E-state index is 12.8. The molecule has 1 aromatic carbocycles. The number of amides is 1. The standard InChI is InChI=1S/C13H15FN2OS/c14-10-3-1-9(2-4-10)13(17)16(11-5-6-11)8-7-12(15)18/h1-4,11H,5-8H2,(H2,15,18). The third-order valence-corrected chi connectivity index (χ3v) is 3.14. The number of benzene rings is 1. The van der Waals surface area contributed by atoms with E-state index in [0.29, 0.717) is 23.5 Å². The van der Waals surface area contributed by atoms with Crippen LogP contribution in [0, 0.1) is 5.82 Å². The highest BCUT2D eigenvalue weighted by molar-refractivity contribution is 7.80. The summed E-state index contributed by atoms with van der Waals surface area (Å²) >= 11 is 4.83. The summed E-state index contributed by atoms with van der Waals surface area (Å²) in [6.45, 7) is 0.538. The van der Waals surface area contributed by atoms with Crippen molar-refractivity contribution >= 4 is 23.1 Å². The SMILES string of the molecule is NC(=S)CCN(C(=O)c1ccc(F)cc1)C1CC1. The van der Waals surface area contributed by atoms with Crippen molar-refractivity contribution in [2.24, 2.45) is 5.73 Å². The number of nitrogens with two attached hydrogens (primary N) is 1. The molecule has 0 saturated heterocycles. The quantitative estimate of drug-likeness (QED) is 0.830. The molecule has 1 fully saturated rings. The van der Waals surface area contributed by atoms with Crippen LogP contribution in [0.2, 0.25) is 0 Å². The van der Waals surface area contributed by atoms with Crippen LogP contribution in [-0.2, 0) is 0 Å². The first-order valence-corrected chi connectivity index (χ1v) is 6.33. The number of hydrogen-bond donors (Lipinski definition) is 1. The number of carbonyl (C=O) groups excluding carboxylic acids is 1. The van der Waals surface area contributed by atoms with Crippen molar-refractivity contribution in [1.82, 2.24) is 4.90 Å². The molecule has 0 heterocycles. The van der Waals surface area contributed by atoms with Gasteiger partial charge in [0.05, 0.1) is 4.99 Å². The van der Waals surface area contributed by atoms with Gasteiger partial charge in [-0.3, -0.25) is 4.79 Å². The molecule has 0 unspecified atom stereocenters. The average molecular weight is 266 g/mol. The second-order valence-electron chi connectivity index (χ2n) is 4.45. The van der Waals surface area contributed by atoms with E-state index in [4.69, 9.17) is 18.0 Å². The molecule has 0 aliphatic heterocycles. The van der Waals surface area contributed by atoms with Crippen LogP contribution in [0.4, 0.5) is 4.39 Å². The predicted octanol–water partition coefficient (Wildman–Crippen LogP) is 2.11. The van der Waals surface area contributed by atoms with Crippen molar-refractivity contribution in [1.29, 1.82) is 0 Å². The maximum absolute atomic E-state index is 12.8. The molecule has 96 valence electrons. The molecule has 5 heteroatoms. The number of rotatable bonds is 5. The summed E-state index contributed by atoms with van der Waals surface area (Å²) in [7, 11) is 0. The van der Waals surface area contributed by atoms with Gasteiger partial charge in [0.25, 0.3) is 5.91 Å².